The molecule has 0 unspecified atom stereocenters. The van der Waals surface area contributed by atoms with Gasteiger partial charge >= 0.3 is 64.7 Å². The van der Waals surface area contributed by atoms with E-state index < -0.39 is 13.5 Å². The van der Waals surface area contributed by atoms with E-state index in [0.717, 1.165) is 0 Å². The van der Waals surface area contributed by atoms with Crippen molar-refractivity contribution in [2.24, 2.45) is 0 Å². The third-order valence-electron chi connectivity index (χ3n) is 1.44. The van der Waals surface area contributed by atoms with Crippen molar-refractivity contribution >= 4 is 13.5 Å². The first-order valence-corrected chi connectivity index (χ1v) is 10.7. The van der Waals surface area contributed by atoms with Crippen molar-refractivity contribution in [1.82, 2.24) is 9.17 Å². The van der Waals surface area contributed by atoms with Crippen molar-refractivity contribution in [3.63, 3.8) is 0 Å². The summed E-state index contributed by atoms with van der Waals surface area (Å²) in [6.45, 7) is 0. The predicted molar refractivity (Wildman–Crippen MR) is 46.6 cm³/mol. The molecule has 1 heterocycles. The molecule has 0 saturated carbocycles. The second kappa shape index (κ2) is 2.70. The minimum absolute atomic E-state index is 1.60. The standard InChI is InChI=1S/C7H14GeN2/c1-8(2,3)10-6-4-9-5-7-10/h4-7,9H,1-3H3. The fourth-order valence-electron chi connectivity index (χ4n) is 0.799. The molecular formula is C7H14GeN2. The van der Waals surface area contributed by atoms with E-state index in [1.165, 1.54) is 0 Å². The molecule has 0 atom stereocenters. The van der Waals surface area contributed by atoms with Crippen molar-refractivity contribution in [3.05, 3.63) is 24.8 Å². The Bertz CT molecular complexity index is 155. The van der Waals surface area contributed by atoms with Gasteiger partial charge in [0.05, 0.1) is 0 Å². The van der Waals surface area contributed by atoms with Crippen LogP contribution in [-0.2, 0) is 0 Å². The molecule has 3 heteroatoms. The van der Waals surface area contributed by atoms with Gasteiger partial charge in [0.2, 0.25) is 0 Å². The van der Waals surface area contributed by atoms with Gasteiger partial charge < -0.3 is 0 Å². The summed E-state index contributed by atoms with van der Waals surface area (Å²) in [6, 6.07) is 0. The molecule has 0 radical (unpaired) electrons. The Morgan fingerprint density at radius 1 is 1.10 bits per heavy atom. The van der Waals surface area contributed by atoms with Crippen LogP contribution in [0.5, 0.6) is 0 Å². The summed E-state index contributed by atoms with van der Waals surface area (Å²) >= 11 is -1.60. The van der Waals surface area contributed by atoms with Gasteiger partial charge in [-0.2, -0.15) is 0 Å². The van der Waals surface area contributed by atoms with Crippen LogP contribution in [-0.4, -0.2) is 17.3 Å². The number of nitrogens with one attached hydrogen (secondary N) is 1. The number of hydrogen-bond acceptors (Lipinski definition) is 2. The van der Waals surface area contributed by atoms with Crippen LogP contribution in [0.3, 0.4) is 0 Å². The Labute approximate surface area is 65.2 Å². The summed E-state index contributed by atoms with van der Waals surface area (Å²) in [5.74, 6) is 7.08. The van der Waals surface area contributed by atoms with E-state index in [0.29, 0.717) is 0 Å². The number of hydrogen-bond donors (Lipinski definition) is 1. The van der Waals surface area contributed by atoms with Crippen molar-refractivity contribution in [3.8, 4) is 0 Å². The first-order valence-electron chi connectivity index (χ1n) is 3.48. The van der Waals surface area contributed by atoms with Crippen molar-refractivity contribution < 1.29 is 0 Å². The summed E-state index contributed by atoms with van der Waals surface area (Å²) in [5, 5.41) is 3.01. The molecule has 0 spiro atoms. The van der Waals surface area contributed by atoms with Crippen LogP contribution in [0, 0.1) is 0 Å². The van der Waals surface area contributed by atoms with Crippen LogP contribution in [0.1, 0.15) is 0 Å². The molecule has 10 heavy (non-hydrogen) atoms. The molecule has 0 aromatic carbocycles. The maximum atomic E-state index is 3.01. The zero-order valence-electron chi connectivity index (χ0n) is 6.76. The Morgan fingerprint density at radius 3 is 1.90 bits per heavy atom. The molecule has 1 aliphatic heterocycles. The molecule has 0 bridgehead atoms. The maximum absolute atomic E-state index is 3.01. The van der Waals surface area contributed by atoms with Crippen LogP contribution in [0.15, 0.2) is 24.8 Å². The Balaban J connectivity index is 2.64. The second-order valence-corrected chi connectivity index (χ2v) is 13.6. The molecule has 0 aromatic heterocycles. The van der Waals surface area contributed by atoms with Gasteiger partial charge in [-0.25, -0.2) is 0 Å². The molecule has 56 valence electrons. The van der Waals surface area contributed by atoms with Crippen LogP contribution in [0.2, 0.25) is 17.3 Å². The molecular weight excluding hydrogens is 185 g/mol. The first-order chi connectivity index (χ1) is 4.61. The summed E-state index contributed by atoms with van der Waals surface area (Å²) < 4.78 is 2.34. The monoisotopic (exact) mass is 200 g/mol. The van der Waals surface area contributed by atoms with Gasteiger partial charge in [-0.05, 0) is 0 Å². The van der Waals surface area contributed by atoms with E-state index in [1.54, 1.807) is 0 Å². The van der Waals surface area contributed by atoms with Gasteiger partial charge in [0.15, 0.2) is 0 Å². The van der Waals surface area contributed by atoms with E-state index in [1.807, 2.05) is 12.4 Å². The zero-order valence-corrected chi connectivity index (χ0v) is 8.85. The average Bonchev–Trinajstić information content (AvgIpc) is 1.88. The molecule has 2 nitrogen and oxygen atoms in total. The quantitative estimate of drug-likeness (QED) is 0.646. The molecule has 0 fully saturated rings. The average molecular weight is 199 g/mol. The van der Waals surface area contributed by atoms with E-state index in [4.69, 9.17) is 0 Å². The number of rotatable bonds is 1. The molecule has 1 N–H and O–H groups in total. The van der Waals surface area contributed by atoms with Gasteiger partial charge in [-0.15, -0.1) is 0 Å². The van der Waals surface area contributed by atoms with Crippen molar-refractivity contribution in [1.29, 1.82) is 0 Å². The molecule has 0 aliphatic carbocycles. The first kappa shape index (κ1) is 7.73. The van der Waals surface area contributed by atoms with Crippen LogP contribution >= 0.6 is 0 Å². The van der Waals surface area contributed by atoms with Crippen LogP contribution in [0.25, 0.3) is 0 Å². The summed E-state index contributed by atoms with van der Waals surface area (Å²) in [5.41, 5.74) is 0. The van der Waals surface area contributed by atoms with Gasteiger partial charge in [0.25, 0.3) is 0 Å². The third kappa shape index (κ3) is 1.80. The summed E-state index contributed by atoms with van der Waals surface area (Å²) in [6.07, 6.45) is 8.16. The second-order valence-electron chi connectivity index (χ2n) is 3.38. The van der Waals surface area contributed by atoms with E-state index >= 15 is 0 Å². The summed E-state index contributed by atoms with van der Waals surface area (Å²) in [7, 11) is 0. The molecule has 1 rings (SSSR count). The van der Waals surface area contributed by atoms with Gasteiger partial charge in [0.1, 0.15) is 0 Å². The predicted octanol–water partition coefficient (Wildman–Crippen LogP) is 1.67. The number of nitrogens with zero attached hydrogens (tertiary/aromatic N) is 1. The third-order valence-corrected chi connectivity index (χ3v) is 5.31. The van der Waals surface area contributed by atoms with E-state index in [2.05, 4.69) is 38.8 Å². The van der Waals surface area contributed by atoms with Crippen LogP contribution in [0.4, 0.5) is 0 Å². The van der Waals surface area contributed by atoms with Gasteiger partial charge in [0, 0.05) is 0 Å². The van der Waals surface area contributed by atoms with Crippen LogP contribution < -0.4 is 5.32 Å². The van der Waals surface area contributed by atoms with Gasteiger partial charge in [-0.3, -0.25) is 0 Å². The molecule has 0 amide bonds. The normalized spacial score (nSPS) is 17.3. The SMILES string of the molecule is [CH3][Ge]([CH3])([CH3])[N]1C=CNC=C1. The van der Waals surface area contributed by atoms with E-state index in [9.17, 15) is 0 Å². The minimum atomic E-state index is -1.60. The Kier molecular flexibility index (Phi) is 2.09. The molecule has 1 aliphatic rings. The fourth-order valence-corrected chi connectivity index (χ4v) is 2.99. The van der Waals surface area contributed by atoms with Crippen molar-refractivity contribution in [2.45, 2.75) is 17.3 Å². The fraction of sp³-hybridized carbons (Fsp3) is 0.429. The Morgan fingerprint density at radius 2 is 1.60 bits per heavy atom. The molecule has 0 aromatic rings. The Hall–Kier alpha value is -0.377. The van der Waals surface area contributed by atoms with Gasteiger partial charge in [-0.1, -0.05) is 0 Å². The topological polar surface area (TPSA) is 15.3 Å². The molecule has 0 saturated heterocycles. The zero-order chi connectivity index (χ0) is 7.61. The summed E-state index contributed by atoms with van der Waals surface area (Å²) in [4.78, 5) is 0. The van der Waals surface area contributed by atoms with Crippen molar-refractivity contribution in [2.75, 3.05) is 0 Å². The van der Waals surface area contributed by atoms with E-state index in [-0.39, 0.29) is 0 Å².